The average molecular weight is 379 g/mol. The second kappa shape index (κ2) is 7.65. The van der Waals surface area contributed by atoms with Gasteiger partial charge in [-0.1, -0.05) is 0 Å². The first-order valence-electron chi connectivity index (χ1n) is 8.18. The number of amides is 2. The van der Waals surface area contributed by atoms with Gasteiger partial charge < -0.3 is 15.4 Å². The second-order valence-corrected chi connectivity index (χ2v) is 6.08. The summed E-state index contributed by atoms with van der Waals surface area (Å²) in [6.07, 6.45) is -1.50. The minimum Gasteiger partial charge on any atom is -0.468 e. The van der Waals surface area contributed by atoms with Gasteiger partial charge in [-0.05, 0) is 43.2 Å². The van der Waals surface area contributed by atoms with Gasteiger partial charge in [-0.2, -0.15) is 13.2 Å². The minimum absolute atomic E-state index is 0.00862. The van der Waals surface area contributed by atoms with Gasteiger partial charge in [0.15, 0.2) is 6.61 Å². The maximum atomic E-state index is 12.2. The Morgan fingerprint density at radius 2 is 1.67 bits per heavy atom. The molecule has 1 aromatic carbocycles. The van der Waals surface area contributed by atoms with Crippen LogP contribution in [0.15, 0.2) is 42.6 Å². The first kappa shape index (κ1) is 18.7. The molecule has 1 aliphatic rings. The maximum absolute atomic E-state index is 12.2. The molecule has 2 aromatic rings. The van der Waals surface area contributed by atoms with Crippen molar-refractivity contribution < 1.29 is 27.5 Å². The molecule has 0 bridgehead atoms. The number of hydrogen-bond donors (Lipinski definition) is 2. The number of halogens is 3. The van der Waals surface area contributed by atoms with E-state index >= 15 is 0 Å². The largest absolute Gasteiger partial charge is 0.468 e. The molecule has 1 heterocycles. The van der Waals surface area contributed by atoms with Gasteiger partial charge in [0.05, 0.1) is 5.56 Å². The van der Waals surface area contributed by atoms with Crippen LogP contribution in [-0.4, -0.2) is 29.6 Å². The Bertz CT molecular complexity index is 816. The number of nitrogens with one attached hydrogen (secondary N) is 2. The number of carbonyl (C=O) groups excluding carboxylic acids is 2. The molecule has 27 heavy (non-hydrogen) atoms. The molecule has 1 fully saturated rings. The van der Waals surface area contributed by atoms with Crippen LogP contribution >= 0.6 is 0 Å². The van der Waals surface area contributed by atoms with Gasteiger partial charge in [0, 0.05) is 29.6 Å². The van der Waals surface area contributed by atoms with Gasteiger partial charge in [-0.25, -0.2) is 4.98 Å². The van der Waals surface area contributed by atoms with Crippen LogP contribution < -0.4 is 15.4 Å². The number of nitrogens with zero attached hydrogens (tertiary/aromatic N) is 1. The van der Waals surface area contributed by atoms with Gasteiger partial charge in [-0.3, -0.25) is 9.59 Å². The van der Waals surface area contributed by atoms with E-state index in [1.165, 1.54) is 12.1 Å². The molecular formula is C18H16F3N3O3. The normalized spacial score (nSPS) is 13.7. The lowest BCUT2D eigenvalue weighted by molar-refractivity contribution is -0.154. The number of alkyl halides is 3. The summed E-state index contributed by atoms with van der Waals surface area (Å²) < 4.78 is 40.8. The van der Waals surface area contributed by atoms with Gasteiger partial charge in [-0.15, -0.1) is 0 Å². The summed E-state index contributed by atoms with van der Waals surface area (Å²) >= 11 is 0. The van der Waals surface area contributed by atoms with Crippen molar-refractivity contribution >= 4 is 23.2 Å². The van der Waals surface area contributed by atoms with Crippen LogP contribution in [0.2, 0.25) is 0 Å². The van der Waals surface area contributed by atoms with Crippen LogP contribution in [0.1, 0.15) is 23.2 Å². The van der Waals surface area contributed by atoms with E-state index in [2.05, 4.69) is 20.4 Å². The first-order chi connectivity index (χ1) is 12.8. The summed E-state index contributed by atoms with van der Waals surface area (Å²) in [5, 5.41) is 5.43. The topological polar surface area (TPSA) is 80.3 Å². The molecule has 0 saturated heterocycles. The number of hydrogen-bond acceptors (Lipinski definition) is 4. The molecule has 1 aliphatic carbocycles. The Hall–Kier alpha value is -3.10. The van der Waals surface area contributed by atoms with E-state index in [1.54, 1.807) is 24.3 Å². The quantitative estimate of drug-likeness (QED) is 0.803. The molecule has 2 N–H and O–H groups in total. The molecule has 0 radical (unpaired) electrons. The molecule has 0 unspecified atom stereocenters. The summed E-state index contributed by atoms with van der Waals surface area (Å²) in [7, 11) is 0. The average Bonchev–Trinajstić information content (AvgIpc) is 3.46. The second-order valence-electron chi connectivity index (χ2n) is 6.08. The Kier molecular flexibility index (Phi) is 5.29. The van der Waals surface area contributed by atoms with Crippen molar-refractivity contribution in [1.29, 1.82) is 0 Å². The van der Waals surface area contributed by atoms with E-state index in [-0.39, 0.29) is 23.3 Å². The minimum atomic E-state index is -4.46. The van der Waals surface area contributed by atoms with Crippen LogP contribution in [0.25, 0.3) is 0 Å². The van der Waals surface area contributed by atoms with Crippen molar-refractivity contribution in [3.05, 3.63) is 48.2 Å². The van der Waals surface area contributed by atoms with Crippen molar-refractivity contribution in [2.75, 3.05) is 17.2 Å². The zero-order valence-corrected chi connectivity index (χ0v) is 14.0. The fourth-order valence-corrected chi connectivity index (χ4v) is 2.19. The van der Waals surface area contributed by atoms with E-state index in [0.29, 0.717) is 11.4 Å². The van der Waals surface area contributed by atoms with Crippen molar-refractivity contribution in [2.45, 2.75) is 19.0 Å². The summed E-state index contributed by atoms with van der Waals surface area (Å²) in [6, 6.07) is 9.11. The van der Waals surface area contributed by atoms with Crippen molar-refractivity contribution in [3.8, 4) is 5.88 Å². The van der Waals surface area contributed by atoms with E-state index < -0.39 is 18.7 Å². The van der Waals surface area contributed by atoms with Crippen LogP contribution in [-0.2, 0) is 4.79 Å². The fourth-order valence-electron chi connectivity index (χ4n) is 2.19. The summed E-state index contributed by atoms with van der Waals surface area (Å²) in [5.74, 6) is -0.607. The van der Waals surface area contributed by atoms with E-state index in [4.69, 9.17) is 0 Å². The van der Waals surface area contributed by atoms with Gasteiger partial charge in [0.25, 0.3) is 5.91 Å². The highest BCUT2D eigenvalue weighted by atomic mass is 19.4. The molecule has 6 nitrogen and oxygen atoms in total. The fraction of sp³-hybridized carbons (Fsp3) is 0.278. The Morgan fingerprint density at radius 1 is 1.04 bits per heavy atom. The SMILES string of the molecule is O=C(Nc1ccc(NC(=O)C2CC2)cc1)c1ccc(OCC(F)(F)F)nc1. The lowest BCUT2D eigenvalue weighted by Crippen LogP contribution is -2.19. The van der Waals surface area contributed by atoms with E-state index in [9.17, 15) is 22.8 Å². The number of rotatable bonds is 6. The highest BCUT2D eigenvalue weighted by Crippen LogP contribution is 2.30. The third-order valence-corrected chi connectivity index (χ3v) is 3.74. The maximum Gasteiger partial charge on any atom is 0.422 e. The van der Waals surface area contributed by atoms with Crippen molar-refractivity contribution in [3.63, 3.8) is 0 Å². The molecule has 0 aliphatic heterocycles. The Labute approximate surface area is 152 Å². The zero-order valence-electron chi connectivity index (χ0n) is 14.0. The number of benzene rings is 1. The van der Waals surface area contributed by atoms with Gasteiger partial charge >= 0.3 is 6.18 Å². The molecule has 2 amide bonds. The number of ether oxygens (including phenoxy) is 1. The van der Waals surface area contributed by atoms with Crippen LogP contribution in [0.3, 0.4) is 0 Å². The summed E-state index contributed by atoms with van der Waals surface area (Å²) in [6.45, 7) is -1.45. The molecule has 1 saturated carbocycles. The third-order valence-electron chi connectivity index (χ3n) is 3.74. The van der Waals surface area contributed by atoms with E-state index in [1.807, 2.05) is 0 Å². The Morgan fingerprint density at radius 3 is 2.19 bits per heavy atom. The predicted molar refractivity (Wildman–Crippen MR) is 91.5 cm³/mol. The third kappa shape index (κ3) is 5.70. The number of anilines is 2. The van der Waals surface area contributed by atoms with Crippen LogP contribution in [0.5, 0.6) is 5.88 Å². The number of pyridine rings is 1. The van der Waals surface area contributed by atoms with Gasteiger partial charge in [0.1, 0.15) is 0 Å². The monoisotopic (exact) mass is 379 g/mol. The molecular weight excluding hydrogens is 363 g/mol. The smallest absolute Gasteiger partial charge is 0.422 e. The van der Waals surface area contributed by atoms with Crippen molar-refractivity contribution in [2.24, 2.45) is 5.92 Å². The lowest BCUT2D eigenvalue weighted by Gasteiger charge is -2.09. The molecule has 9 heteroatoms. The van der Waals surface area contributed by atoms with Crippen LogP contribution in [0.4, 0.5) is 24.5 Å². The summed E-state index contributed by atoms with van der Waals surface area (Å²) in [5.41, 5.74) is 1.31. The van der Waals surface area contributed by atoms with E-state index in [0.717, 1.165) is 19.0 Å². The molecule has 0 spiro atoms. The molecule has 0 atom stereocenters. The molecule has 3 rings (SSSR count). The lowest BCUT2D eigenvalue weighted by atomic mass is 10.2. The molecule has 1 aromatic heterocycles. The molecule has 142 valence electrons. The van der Waals surface area contributed by atoms with Crippen molar-refractivity contribution in [1.82, 2.24) is 4.98 Å². The number of carbonyl (C=O) groups is 2. The standard InChI is InChI=1S/C18H16F3N3O3/c19-18(20,21)10-27-15-8-3-12(9-22-15)17(26)24-14-6-4-13(5-7-14)23-16(25)11-1-2-11/h3-9,11H,1-2,10H2,(H,23,25)(H,24,26). The predicted octanol–water partition coefficient (Wildman–Crippen LogP) is 3.62. The highest BCUT2D eigenvalue weighted by Gasteiger charge is 2.29. The van der Waals surface area contributed by atoms with Gasteiger partial charge in [0.2, 0.25) is 11.8 Å². The first-order valence-corrected chi connectivity index (χ1v) is 8.18. The number of aromatic nitrogens is 1. The highest BCUT2D eigenvalue weighted by molar-refractivity contribution is 6.04. The Balaban J connectivity index is 1.54. The van der Waals surface area contributed by atoms with Crippen LogP contribution in [0, 0.1) is 5.92 Å². The summed E-state index contributed by atoms with van der Waals surface area (Å²) in [4.78, 5) is 27.5. The zero-order chi connectivity index (χ0) is 19.4.